The molecule has 0 bridgehead atoms. The maximum absolute atomic E-state index is 12.7. The van der Waals surface area contributed by atoms with Crippen molar-refractivity contribution in [2.45, 2.75) is 32.1 Å². The lowest BCUT2D eigenvalue weighted by Crippen LogP contribution is -2.50. The van der Waals surface area contributed by atoms with E-state index in [0.717, 1.165) is 50.3 Å². The van der Waals surface area contributed by atoms with Gasteiger partial charge in [-0.1, -0.05) is 37.5 Å². The summed E-state index contributed by atoms with van der Waals surface area (Å²) in [6, 6.07) is 7.85. The van der Waals surface area contributed by atoms with Crippen LogP contribution >= 0.6 is 0 Å². The van der Waals surface area contributed by atoms with Crippen LogP contribution in [0.2, 0.25) is 0 Å². The molecular formula is C20H27N3O3. The molecule has 0 aromatic heterocycles. The van der Waals surface area contributed by atoms with Crippen LogP contribution in [0.4, 0.5) is 5.69 Å². The largest absolute Gasteiger partial charge is 0.367 e. The molecule has 3 rings (SSSR count). The predicted molar refractivity (Wildman–Crippen MR) is 101 cm³/mol. The van der Waals surface area contributed by atoms with Crippen LogP contribution in [0.15, 0.2) is 30.3 Å². The van der Waals surface area contributed by atoms with E-state index in [1.54, 1.807) is 11.6 Å². The molecule has 1 saturated carbocycles. The molecule has 0 atom stereocenters. The number of benzene rings is 1. The first kappa shape index (κ1) is 18.5. The average molecular weight is 357 g/mol. The van der Waals surface area contributed by atoms with Gasteiger partial charge in [0.2, 0.25) is 5.91 Å². The van der Waals surface area contributed by atoms with Crippen LogP contribution in [0.25, 0.3) is 6.08 Å². The van der Waals surface area contributed by atoms with E-state index in [-0.39, 0.29) is 5.92 Å². The standard InChI is InChI=1S/C20H27N3O3/c24-19(21-26)11-10-16-6-4-5-9-18(16)22-12-14-23(15-13-22)20(25)17-7-2-1-3-8-17/h4-6,9-11,17,26H,1-3,7-8,12-15H2,(H,21,24). The fourth-order valence-corrected chi connectivity index (χ4v) is 3.89. The van der Waals surface area contributed by atoms with Crippen LogP contribution in [0.3, 0.4) is 0 Å². The van der Waals surface area contributed by atoms with Gasteiger partial charge in [-0.05, 0) is 30.5 Å². The van der Waals surface area contributed by atoms with Crippen molar-refractivity contribution in [3.8, 4) is 0 Å². The summed E-state index contributed by atoms with van der Waals surface area (Å²) >= 11 is 0. The van der Waals surface area contributed by atoms with Gasteiger partial charge in [-0.3, -0.25) is 14.8 Å². The van der Waals surface area contributed by atoms with E-state index in [0.29, 0.717) is 5.91 Å². The molecule has 2 fully saturated rings. The maximum atomic E-state index is 12.7. The van der Waals surface area contributed by atoms with Crippen LogP contribution < -0.4 is 10.4 Å². The van der Waals surface area contributed by atoms with Gasteiger partial charge in [0.25, 0.3) is 5.91 Å². The minimum Gasteiger partial charge on any atom is -0.367 e. The number of para-hydroxylation sites is 1. The Hall–Kier alpha value is -2.34. The van der Waals surface area contributed by atoms with Gasteiger partial charge >= 0.3 is 0 Å². The fraction of sp³-hybridized carbons (Fsp3) is 0.500. The molecule has 1 saturated heterocycles. The Morgan fingerprint density at radius 3 is 2.42 bits per heavy atom. The summed E-state index contributed by atoms with van der Waals surface area (Å²) in [5.74, 6) is 0.00219. The van der Waals surface area contributed by atoms with Gasteiger partial charge < -0.3 is 9.80 Å². The molecule has 26 heavy (non-hydrogen) atoms. The second kappa shape index (κ2) is 8.85. The summed E-state index contributed by atoms with van der Waals surface area (Å²) in [6.45, 7) is 3.06. The molecule has 1 aliphatic carbocycles. The molecule has 1 aliphatic heterocycles. The lowest BCUT2D eigenvalue weighted by atomic mass is 9.88. The van der Waals surface area contributed by atoms with Crippen LogP contribution in [-0.4, -0.2) is 48.1 Å². The van der Waals surface area contributed by atoms with E-state index in [1.165, 1.54) is 25.3 Å². The van der Waals surface area contributed by atoms with Gasteiger partial charge in [-0.2, -0.15) is 0 Å². The summed E-state index contributed by atoms with van der Waals surface area (Å²) in [5.41, 5.74) is 3.56. The number of hydroxylamine groups is 1. The first-order valence-electron chi connectivity index (χ1n) is 9.44. The van der Waals surface area contributed by atoms with Gasteiger partial charge in [0.15, 0.2) is 0 Å². The number of anilines is 1. The van der Waals surface area contributed by atoms with Crippen molar-refractivity contribution in [2.24, 2.45) is 5.92 Å². The van der Waals surface area contributed by atoms with Crippen LogP contribution in [-0.2, 0) is 9.59 Å². The normalized spacial score (nSPS) is 19.0. The molecule has 6 nitrogen and oxygen atoms in total. The summed E-state index contributed by atoms with van der Waals surface area (Å²) in [4.78, 5) is 28.2. The van der Waals surface area contributed by atoms with Gasteiger partial charge in [-0.15, -0.1) is 0 Å². The van der Waals surface area contributed by atoms with E-state index in [9.17, 15) is 9.59 Å². The number of nitrogens with zero attached hydrogens (tertiary/aromatic N) is 2. The SMILES string of the molecule is O=C(C=Cc1ccccc1N1CCN(C(=O)C2CCCCC2)CC1)NO. The lowest BCUT2D eigenvalue weighted by molar-refractivity contribution is -0.136. The molecule has 2 N–H and O–H groups in total. The highest BCUT2D eigenvalue weighted by atomic mass is 16.5. The van der Waals surface area contributed by atoms with E-state index in [2.05, 4.69) is 4.90 Å². The van der Waals surface area contributed by atoms with Gasteiger partial charge in [-0.25, -0.2) is 5.48 Å². The molecule has 0 unspecified atom stereocenters. The van der Waals surface area contributed by atoms with Gasteiger partial charge in [0, 0.05) is 43.9 Å². The predicted octanol–water partition coefficient (Wildman–Crippen LogP) is 2.43. The van der Waals surface area contributed by atoms with Crippen molar-refractivity contribution in [1.29, 1.82) is 0 Å². The highest BCUT2D eigenvalue weighted by Gasteiger charge is 2.28. The molecule has 2 aliphatic rings. The zero-order valence-electron chi connectivity index (χ0n) is 15.1. The number of hydrogen-bond acceptors (Lipinski definition) is 4. The van der Waals surface area contributed by atoms with Gasteiger partial charge in [0.05, 0.1) is 0 Å². The minimum absolute atomic E-state index is 0.225. The number of amides is 2. The van der Waals surface area contributed by atoms with Crippen molar-refractivity contribution in [1.82, 2.24) is 10.4 Å². The monoisotopic (exact) mass is 357 g/mol. The van der Waals surface area contributed by atoms with Crippen molar-refractivity contribution >= 4 is 23.6 Å². The highest BCUT2D eigenvalue weighted by Crippen LogP contribution is 2.27. The zero-order chi connectivity index (χ0) is 18.4. The van der Waals surface area contributed by atoms with Crippen LogP contribution in [0, 0.1) is 5.92 Å². The highest BCUT2D eigenvalue weighted by molar-refractivity contribution is 5.91. The molecule has 2 amide bonds. The average Bonchev–Trinajstić information content (AvgIpc) is 2.72. The maximum Gasteiger partial charge on any atom is 0.267 e. The van der Waals surface area contributed by atoms with Crippen molar-refractivity contribution < 1.29 is 14.8 Å². The Morgan fingerprint density at radius 2 is 1.73 bits per heavy atom. The third-order valence-electron chi connectivity index (χ3n) is 5.35. The Bertz CT molecular complexity index is 660. The number of carbonyl (C=O) groups excluding carboxylic acids is 2. The summed E-state index contributed by atoms with van der Waals surface area (Å²) in [7, 11) is 0. The third-order valence-corrected chi connectivity index (χ3v) is 5.35. The van der Waals surface area contributed by atoms with Crippen molar-refractivity contribution in [3.63, 3.8) is 0 Å². The Kier molecular flexibility index (Phi) is 6.28. The first-order valence-corrected chi connectivity index (χ1v) is 9.44. The molecular weight excluding hydrogens is 330 g/mol. The van der Waals surface area contributed by atoms with Crippen molar-refractivity contribution in [2.75, 3.05) is 31.1 Å². The summed E-state index contributed by atoms with van der Waals surface area (Å²) in [6.07, 6.45) is 8.70. The smallest absolute Gasteiger partial charge is 0.267 e. The van der Waals surface area contributed by atoms with Crippen LogP contribution in [0.1, 0.15) is 37.7 Å². The number of nitrogens with one attached hydrogen (secondary N) is 1. The summed E-state index contributed by atoms with van der Waals surface area (Å²) < 4.78 is 0. The molecule has 1 aromatic carbocycles. The van der Waals surface area contributed by atoms with E-state index < -0.39 is 5.91 Å². The molecule has 6 heteroatoms. The molecule has 1 heterocycles. The number of carbonyl (C=O) groups is 2. The van der Waals surface area contributed by atoms with E-state index in [4.69, 9.17) is 5.21 Å². The lowest BCUT2D eigenvalue weighted by Gasteiger charge is -2.38. The second-order valence-corrected chi connectivity index (χ2v) is 7.02. The Labute approximate surface area is 154 Å². The first-order chi connectivity index (χ1) is 12.7. The fourth-order valence-electron chi connectivity index (χ4n) is 3.89. The van der Waals surface area contributed by atoms with Crippen LogP contribution in [0.5, 0.6) is 0 Å². The van der Waals surface area contributed by atoms with Gasteiger partial charge in [0.1, 0.15) is 0 Å². The molecule has 0 spiro atoms. The molecule has 0 radical (unpaired) electrons. The van der Waals surface area contributed by atoms with Crippen molar-refractivity contribution in [3.05, 3.63) is 35.9 Å². The third kappa shape index (κ3) is 4.43. The topological polar surface area (TPSA) is 72.9 Å². The number of rotatable bonds is 4. The molecule has 1 aromatic rings. The Morgan fingerprint density at radius 1 is 1.04 bits per heavy atom. The quantitative estimate of drug-likeness (QED) is 0.493. The minimum atomic E-state index is -0.553. The zero-order valence-corrected chi connectivity index (χ0v) is 15.1. The summed E-state index contributed by atoms with van der Waals surface area (Å²) in [5, 5.41) is 8.62. The number of hydrogen-bond donors (Lipinski definition) is 2. The second-order valence-electron chi connectivity index (χ2n) is 7.02. The number of piperazine rings is 1. The Balaban J connectivity index is 1.62. The van der Waals surface area contributed by atoms with E-state index in [1.807, 2.05) is 29.2 Å². The van der Waals surface area contributed by atoms with E-state index >= 15 is 0 Å². The molecule has 140 valence electrons.